The van der Waals surface area contributed by atoms with Crippen molar-refractivity contribution in [3.8, 4) is 0 Å². The number of nitrogens with one attached hydrogen (secondary N) is 1. The van der Waals surface area contributed by atoms with Crippen LogP contribution in [0.2, 0.25) is 0 Å². The van der Waals surface area contributed by atoms with Crippen molar-refractivity contribution in [2.75, 3.05) is 39.4 Å². The summed E-state index contributed by atoms with van der Waals surface area (Å²) in [6.45, 7) is 5.53. The highest BCUT2D eigenvalue weighted by atomic mass is 16.5. The van der Waals surface area contributed by atoms with Gasteiger partial charge in [0.15, 0.2) is 0 Å². The molecule has 1 amide bonds. The van der Waals surface area contributed by atoms with Gasteiger partial charge in [0.1, 0.15) is 0 Å². The zero-order valence-electron chi connectivity index (χ0n) is 14.3. The van der Waals surface area contributed by atoms with E-state index in [1.165, 1.54) is 38.5 Å². The Balaban J connectivity index is 1.42. The molecule has 5 nitrogen and oxygen atoms in total. The summed E-state index contributed by atoms with van der Waals surface area (Å²) in [5, 5.41) is 3.68. The van der Waals surface area contributed by atoms with E-state index in [2.05, 4.69) is 15.1 Å². The second kappa shape index (κ2) is 6.69. The highest BCUT2D eigenvalue weighted by Crippen LogP contribution is 2.39. The highest BCUT2D eigenvalue weighted by Gasteiger charge is 2.43. The molecular formula is C18H31N3O2. The molecule has 1 aliphatic carbocycles. The summed E-state index contributed by atoms with van der Waals surface area (Å²) in [7, 11) is 0. The van der Waals surface area contributed by atoms with Crippen LogP contribution in [0, 0.1) is 0 Å². The maximum atomic E-state index is 13.1. The predicted octanol–water partition coefficient (Wildman–Crippen LogP) is 1.37. The summed E-state index contributed by atoms with van der Waals surface area (Å²) in [4.78, 5) is 17.8. The second-order valence-electron chi connectivity index (χ2n) is 7.97. The molecule has 0 spiro atoms. The average Bonchev–Trinajstić information content (AvgIpc) is 3.15. The first kappa shape index (κ1) is 15.9. The first-order valence-electron chi connectivity index (χ1n) is 9.62. The van der Waals surface area contributed by atoms with Gasteiger partial charge >= 0.3 is 0 Å². The molecule has 3 aliphatic heterocycles. The Morgan fingerprint density at radius 2 is 1.78 bits per heavy atom. The monoisotopic (exact) mass is 321 g/mol. The van der Waals surface area contributed by atoms with Gasteiger partial charge in [-0.3, -0.25) is 9.69 Å². The number of rotatable bonds is 3. The quantitative estimate of drug-likeness (QED) is 0.853. The third kappa shape index (κ3) is 3.28. The van der Waals surface area contributed by atoms with Gasteiger partial charge in [-0.15, -0.1) is 0 Å². The SMILES string of the molecule is O=C(CC1(N2CCOCC2)CCCC1)N1CCC2CCC(C1)N2. The van der Waals surface area contributed by atoms with Gasteiger partial charge in [-0.25, -0.2) is 0 Å². The Labute approximate surface area is 139 Å². The average molecular weight is 321 g/mol. The number of ether oxygens (including phenoxy) is 1. The topological polar surface area (TPSA) is 44.8 Å². The zero-order valence-corrected chi connectivity index (χ0v) is 14.3. The molecule has 0 aromatic carbocycles. The van der Waals surface area contributed by atoms with Crippen LogP contribution < -0.4 is 5.32 Å². The van der Waals surface area contributed by atoms with Crippen LogP contribution in [0.3, 0.4) is 0 Å². The summed E-state index contributed by atoms with van der Waals surface area (Å²) in [5.41, 5.74) is 0.125. The minimum absolute atomic E-state index is 0.125. The van der Waals surface area contributed by atoms with Gasteiger partial charge in [0.2, 0.25) is 5.91 Å². The van der Waals surface area contributed by atoms with Gasteiger partial charge < -0.3 is 15.0 Å². The van der Waals surface area contributed by atoms with Crippen molar-refractivity contribution in [2.45, 2.75) is 69.0 Å². The molecule has 2 atom stereocenters. The van der Waals surface area contributed by atoms with Crippen molar-refractivity contribution in [2.24, 2.45) is 0 Å². The molecule has 0 aromatic rings. The van der Waals surface area contributed by atoms with Crippen LogP contribution in [0.4, 0.5) is 0 Å². The van der Waals surface area contributed by atoms with E-state index in [4.69, 9.17) is 4.74 Å². The molecule has 0 aromatic heterocycles. The molecule has 2 bridgehead atoms. The largest absolute Gasteiger partial charge is 0.379 e. The summed E-state index contributed by atoms with van der Waals surface area (Å²) < 4.78 is 5.53. The van der Waals surface area contributed by atoms with E-state index in [1.54, 1.807) is 0 Å². The number of carbonyl (C=O) groups excluding carboxylic acids is 1. The molecule has 5 heteroatoms. The van der Waals surface area contributed by atoms with Gasteiger partial charge in [0, 0.05) is 50.2 Å². The molecule has 1 saturated carbocycles. The fraction of sp³-hybridized carbons (Fsp3) is 0.944. The smallest absolute Gasteiger partial charge is 0.224 e. The van der Waals surface area contributed by atoms with Gasteiger partial charge in [-0.05, 0) is 32.1 Å². The van der Waals surface area contributed by atoms with Crippen LogP contribution in [0.1, 0.15) is 51.4 Å². The van der Waals surface area contributed by atoms with E-state index in [0.717, 1.165) is 52.2 Å². The summed E-state index contributed by atoms with van der Waals surface area (Å²) in [5.74, 6) is 0.396. The fourth-order valence-electron chi connectivity index (χ4n) is 5.24. The summed E-state index contributed by atoms with van der Waals surface area (Å²) in [6, 6.07) is 1.19. The van der Waals surface area contributed by atoms with Crippen molar-refractivity contribution in [1.29, 1.82) is 0 Å². The number of hydrogen-bond acceptors (Lipinski definition) is 4. The molecule has 0 radical (unpaired) electrons. The minimum atomic E-state index is 0.125. The predicted molar refractivity (Wildman–Crippen MR) is 89.4 cm³/mol. The number of nitrogens with zero attached hydrogens (tertiary/aromatic N) is 2. The number of likely N-dealkylation sites (tertiary alicyclic amines) is 1. The second-order valence-corrected chi connectivity index (χ2v) is 7.97. The molecule has 3 saturated heterocycles. The normalized spacial score (nSPS) is 34.5. The van der Waals surface area contributed by atoms with Gasteiger partial charge in [-0.1, -0.05) is 12.8 Å². The number of hydrogen-bond donors (Lipinski definition) is 1. The van der Waals surface area contributed by atoms with Gasteiger partial charge in [0.25, 0.3) is 0 Å². The van der Waals surface area contributed by atoms with Crippen molar-refractivity contribution < 1.29 is 9.53 Å². The van der Waals surface area contributed by atoms with Crippen LogP contribution in [0.15, 0.2) is 0 Å². The van der Waals surface area contributed by atoms with E-state index < -0.39 is 0 Å². The Bertz CT molecular complexity index is 430. The van der Waals surface area contributed by atoms with Crippen molar-refractivity contribution in [1.82, 2.24) is 15.1 Å². The lowest BCUT2D eigenvalue weighted by molar-refractivity contribution is -0.136. The maximum Gasteiger partial charge on any atom is 0.224 e. The van der Waals surface area contributed by atoms with Crippen LogP contribution in [-0.4, -0.2) is 72.7 Å². The Kier molecular flexibility index (Phi) is 4.61. The maximum absolute atomic E-state index is 13.1. The number of amides is 1. The standard InChI is InChI=1S/C18H31N3O2/c22-17(20-8-5-15-3-4-16(14-20)19-15)13-18(6-1-2-7-18)21-9-11-23-12-10-21/h15-16,19H,1-14H2. The van der Waals surface area contributed by atoms with Crippen molar-refractivity contribution in [3.63, 3.8) is 0 Å². The molecule has 23 heavy (non-hydrogen) atoms. The van der Waals surface area contributed by atoms with E-state index in [-0.39, 0.29) is 5.54 Å². The third-order valence-electron chi connectivity index (χ3n) is 6.57. The number of carbonyl (C=O) groups is 1. The highest BCUT2D eigenvalue weighted by molar-refractivity contribution is 5.77. The molecule has 130 valence electrons. The Morgan fingerprint density at radius 1 is 1.04 bits per heavy atom. The van der Waals surface area contributed by atoms with Crippen LogP contribution >= 0.6 is 0 Å². The number of morpholine rings is 1. The molecule has 4 aliphatic rings. The van der Waals surface area contributed by atoms with Crippen LogP contribution in [0.25, 0.3) is 0 Å². The van der Waals surface area contributed by atoms with Crippen molar-refractivity contribution in [3.05, 3.63) is 0 Å². The lowest BCUT2D eigenvalue weighted by Crippen LogP contribution is -2.54. The molecule has 2 unspecified atom stereocenters. The van der Waals surface area contributed by atoms with Crippen molar-refractivity contribution >= 4 is 5.91 Å². The summed E-state index contributed by atoms with van der Waals surface area (Å²) in [6.07, 6.45) is 9.33. The summed E-state index contributed by atoms with van der Waals surface area (Å²) >= 11 is 0. The third-order valence-corrected chi connectivity index (χ3v) is 6.57. The molecule has 4 fully saturated rings. The first-order chi connectivity index (χ1) is 11.3. The van der Waals surface area contributed by atoms with Crippen LogP contribution in [-0.2, 0) is 9.53 Å². The molecular weight excluding hydrogens is 290 g/mol. The fourth-order valence-corrected chi connectivity index (χ4v) is 5.24. The van der Waals surface area contributed by atoms with E-state index >= 15 is 0 Å². The number of fused-ring (bicyclic) bond motifs is 2. The Morgan fingerprint density at radius 3 is 2.57 bits per heavy atom. The zero-order chi connectivity index (χ0) is 15.7. The Hall–Kier alpha value is -0.650. The lowest BCUT2D eigenvalue weighted by Gasteiger charge is -2.44. The van der Waals surface area contributed by atoms with E-state index in [1.807, 2.05) is 0 Å². The molecule has 1 N–H and O–H groups in total. The lowest BCUT2D eigenvalue weighted by atomic mass is 9.89. The van der Waals surface area contributed by atoms with Gasteiger partial charge in [-0.2, -0.15) is 0 Å². The molecule has 4 rings (SSSR count). The minimum Gasteiger partial charge on any atom is -0.379 e. The van der Waals surface area contributed by atoms with E-state index in [9.17, 15) is 4.79 Å². The first-order valence-corrected chi connectivity index (χ1v) is 9.62. The molecule has 3 heterocycles. The van der Waals surface area contributed by atoms with E-state index in [0.29, 0.717) is 18.0 Å². The van der Waals surface area contributed by atoms with Gasteiger partial charge in [0.05, 0.1) is 13.2 Å². The van der Waals surface area contributed by atoms with Crippen LogP contribution in [0.5, 0.6) is 0 Å².